The molecule has 4 heteroatoms. The highest BCUT2D eigenvalue weighted by molar-refractivity contribution is 6.33. The van der Waals surface area contributed by atoms with E-state index in [1.807, 2.05) is 31.3 Å². The summed E-state index contributed by atoms with van der Waals surface area (Å²) >= 11 is 6.38. The fourth-order valence-corrected chi connectivity index (χ4v) is 3.13. The van der Waals surface area contributed by atoms with E-state index in [0.717, 1.165) is 47.5 Å². The number of nitrogen functional groups attached to an aromatic ring is 1. The number of aromatic nitrogens is 2. The first-order valence-electron chi connectivity index (χ1n) is 7.67. The molecule has 21 heavy (non-hydrogen) atoms. The minimum atomic E-state index is 0.440. The molecule has 0 saturated carbocycles. The molecular weight excluding hydrogens is 282 g/mol. The second-order valence-electron chi connectivity index (χ2n) is 5.52. The second kappa shape index (κ2) is 6.99. The van der Waals surface area contributed by atoms with Gasteiger partial charge in [0.2, 0.25) is 0 Å². The van der Waals surface area contributed by atoms with Crippen LogP contribution < -0.4 is 5.73 Å². The van der Waals surface area contributed by atoms with Crippen molar-refractivity contribution in [2.24, 2.45) is 7.05 Å². The zero-order valence-corrected chi connectivity index (χ0v) is 13.8. The predicted molar refractivity (Wildman–Crippen MR) is 90.6 cm³/mol. The summed E-state index contributed by atoms with van der Waals surface area (Å²) in [5.74, 6) is 1.13. The number of hydrogen-bond acceptors (Lipinski definition) is 2. The summed E-state index contributed by atoms with van der Waals surface area (Å²) in [6.07, 6.45) is 4.54. The summed E-state index contributed by atoms with van der Waals surface area (Å²) in [5.41, 5.74) is 9.36. The average Bonchev–Trinajstić information content (AvgIpc) is 2.75. The summed E-state index contributed by atoms with van der Waals surface area (Å²) in [4.78, 5) is 0. The van der Waals surface area contributed by atoms with Gasteiger partial charge in [0.15, 0.2) is 0 Å². The number of nitrogens with zero attached hydrogens (tertiary/aromatic N) is 2. The third-order valence-electron chi connectivity index (χ3n) is 3.92. The van der Waals surface area contributed by atoms with Crippen LogP contribution in [-0.2, 0) is 7.05 Å². The third-order valence-corrected chi connectivity index (χ3v) is 4.25. The number of anilines is 1. The largest absolute Gasteiger partial charge is 0.383 e. The Morgan fingerprint density at radius 2 is 1.81 bits per heavy atom. The van der Waals surface area contributed by atoms with Crippen molar-refractivity contribution in [2.75, 3.05) is 5.73 Å². The summed E-state index contributed by atoms with van der Waals surface area (Å²) in [5, 5.41) is 5.43. The van der Waals surface area contributed by atoms with Crippen molar-refractivity contribution in [1.82, 2.24) is 9.78 Å². The molecule has 0 saturated heterocycles. The molecule has 0 aliphatic heterocycles. The number of nitrogens with two attached hydrogens (primary N) is 1. The molecule has 0 atom stereocenters. The molecule has 114 valence electrons. The van der Waals surface area contributed by atoms with Crippen LogP contribution >= 0.6 is 11.6 Å². The van der Waals surface area contributed by atoms with Gasteiger partial charge in [0.05, 0.1) is 5.69 Å². The van der Waals surface area contributed by atoms with Gasteiger partial charge in [-0.3, -0.25) is 4.68 Å². The molecule has 0 radical (unpaired) electrons. The molecule has 3 nitrogen and oxygen atoms in total. The van der Waals surface area contributed by atoms with Gasteiger partial charge in [-0.25, -0.2) is 0 Å². The Labute approximate surface area is 132 Å². The van der Waals surface area contributed by atoms with E-state index in [-0.39, 0.29) is 0 Å². The zero-order chi connectivity index (χ0) is 15.4. The van der Waals surface area contributed by atoms with Crippen molar-refractivity contribution >= 4 is 17.4 Å². The molecule has 1 aromatic carbocycles. The average molecular weight is 306 g/mol. The van der Waals surface area contributed by atoms with Gasteiger partial charge < -0.3 is 5.73 Å². The predicted octanol–water partition coefficient (Wildman–Crippen LogP) is 5.01. The van der Waals surface area contributed by atoms with Crippen LogP contribution in [-0.4, -0.2) is 9.78 Å². The number of benzene rings is 1. The van der Waals surface area contributed by atoms with E-state index >= 15 is 0 Å². The Kier molecular flexibility index (Phi) is 5.29. The van der Waals surface area contributed by atoms with E-state index in [2.05, 4.69) is 13.8 Å². The first-order chi connectivity index (χ1) is 10.1. The minimum absolute atomic E-state index is 0.440. The van der Waals surface area contributed by atoms with E-state index in [4.69, 9.17) is 22.4 Å². The molecule has 0 spiro atoms. The number of rotatable bonds is 6. The molecule has 1 heterocycles. The van der Waals surface area contributed by atoms with Crippen LogP contribution in [0.15, 0.2) is 24.3 Å². The van der Waals surface area contributed by atoms with Gasteiger partial charge in [-0.15, -0.1) is 0 Å². The normalized spacial score (nSPS) is 11.3. The fourth-order valence-electron chi connectivity index (χ4n) is 2.90. The molecule has 0 aliphatic rings. The van der Waals surface area contributed by atoms with E-state index in [1.54, 1.807) is 4.68 Å². The van der Waals surface area contributed by atoms with Gasteiger partial charge >= 0.3 is 0 Å². The number of aryl methyl sites for hydroxylation is 1. The van der Waals surface area contributed by atoms with Crippen LogP contribution in [0.5, 0.6) is 0 Å². The quantitative estimate of drug-likeness (QED) is 0.815. The van der Waals surface area contributed by atoms with Crippen LogP contribution in [0.1, 0.15) is 51.1 Å². The van der Waals surface area contributed by atoms with Crippen molar-refractivity contribution in [3.05, 3.63) is 35.0 Å². The molecule has 2 N–H and O–H groups in total. The SMILES string of the molecule is CCCC(CCC)c1nn(C)c(N)c1-c1ccccc1Cl. The Morgan fingerprint density at radius 3 is 2.38 bits per heavy atom. The maximum absolute atomic E-state index is 6.38. The molecule has 2 rings (SSSR count). The smallest absolute Gasteiger partial charge is 0.129 e. The van der Waals surface area contributed by atoms with Crippen LogP contribution in [0.25, 0.3) is 11.1 Å². The van der Waals surface area contributed by atoms with Crippen LogP contribution in [0.3, 0.4) is 0 Å². The lowest BCUT2D eigenvalue weighted by molar-refractivity contribution is 0.540. The maximum Gasteiger partial charge on any atom is 0.129 e. The van der Waals surface area contributed by atoms with Crippen molar-refractivity contribution in [3.63, 3.8) is 0 Å². The molecule has 0 unspecified atom stereocenters. The van der Waals surface area contributed by atoms with Crippen molar-refractivity contribution in [2.45, 2.75) is 45.4 Å². The lowest BCUT2D eigenvalue weighted by Crippen LogP contribution is -2.02. The second-order valence-corrected chi connectivity index (χ2v) is 5.93. The van der Waals surface area contributed by atoms with E-state index in [1.165, 1.54) is 0 Å². The van der Waals surface area contributed by atoms with Gasteiger partial charge in [-0.1, -0.05) is 56.5 Å². The Balaban J connectivity index is 2.57. The Hall–Kier alpha value is -1.48. The van der Waals surface area contributed by atoms with E-state index in [9.17, 15) is 0 Å². The van der Waals surface area contributed by atoms with Gasteiger partial charge in [0.1, 0.15) is 5.82 Å². The summed E-state index contributed by atoms with van der Waals surface area (Å²) < 4.78 is 1.77. The van der Waals surface area contributed by atoms with Gasteiger partial charge in [-0.2, -0.15) is 5.10 Å². The van der Waals surface area contributed by atoms with Gasteiger partial charge in [0.25, 0.3) is 0 Å². The summed E-state index contributed by atoms with van der Waals surface area (Å²) in [7, 11) is 1.90. The van der Waals surface area contributed by atoms with Crippen LogP contribution in [0.4, 0.5) is 5.82 Å². The summed E-state index contributed by atoms with van der Waals surface area (Å²) in [6.45, 7) is 4.42. The molecule has 0 aliphatic carbocycles. The maximum atomic E-state index is 6.38. The first kappa shape index (κ1) is 15.9. The highest BCUT2D eigenvalue weighted by Crippen LogP contribution is 2.40. The van der Waals surface area contributed by atoms with E-state index in [0.29, 0.717) is 11.7 Å². The molecule has 0 bridgehead atoms. The van der Waals surface area contributed by atoms with Crippen LogP contribution in [0, 0.1) is 0 Å². The lowest BCUT2D eigenvalue weighted by atomic mass is 9.90. The number of hydrogen-bond donors (Lipinski definition) is 1. The Morgan fingerprint density at radius 1 is 1.19 bits per heavy atom. The third kappa shape index (κ3) is 3.24. The first-order valence-corrected chi connectivity index (χ1v) is 8.05. The van der Waals surface area contributed by atoms with Crippen LogP contribution in [0.2, 0.25) is 5.02 Å². The molecule has 0 fully saturated rings. The Bertz CT molecular complexity index is 598. The monoisotopic (exact) mass is 305 g/mol. The van der Waals surface area contributed by atoms with Crippen molar-refractivity contribution in [3.8, 4) is 11.1 Å². The fraction of sp³-hybridized carbons (Fsp3) is 0.471. The van der Waals surface area contributed by atoms with Crippen molar-refractivity contribution in [1.29, 1.82) is 0 Å². The minimum Gasteiger partial charge on any atom is -0.383 e. The van der Waals surface area contributed by atoms with Gasteiger partial charge in [0, 0.05) is 29.1 Å². The zero-order valence-electron chi connectivity index (χ0n) is 13.1. The van der Waals surface area contributed by atoms with Gasteiger partial charge in [-0.05, 0) is 18.9 Å². The van der Waals surface area contributed by atoms with Crippen molar-refractivity contribution < 1.29 is 0 Å². The highest BCUT2D eigenvalue weighted by Gasteiger charge is 2.23. The van der Waals surface area contributed by atoms with E-state index < -0.39 is 0 Å². The molecular formula is C17H24ClN3. The topological polar surface area (TPSA) is 43.8 Å². The lowest BCUT2D eigenvalue weighted by Gasteiger charge is -2.15. The molecule has 2 aromatic rings. The highest BCUT2D eigenvalue weighted by atomic mass is 35.5. The standard InChI is InChI=1S/C17H24ClN3/c1-4-8-12(9-5-2)16-15(17(19)21(3)20-16)13-10-6-7-11-14(13)18/h6-7,10-12H,4-5,8-9,19H2,1-3H3. The molecule has 1 aromatic heterocycles. The number of halogens is 1. The summed E-state index contributed by atoms with van der Waals surface area (Å²) in [6, 6.07) is 7.86. The molecule has 0 amide bonds.